The average molecular weight is 355 g/mol. The summed E-state index contributed by atoms with van der Waals surface area (Å²) in [5, 5.41) is 5.09. The molecule has 0 spiro atoms. The Morgan fingerprint density at radius 1 is 0.889 bits per heavy atom. The van der Waals surface area contributed by atoms with Crippen LogP contribution in [0.15, 0.2) is 77.7 Å². The summed E-state index contributed by atoms with van der Waals surface area (Å²) in [5.74, 6) is 0. The van der Waals surface area contributed by atoms with Crippen molar-refractivity contribution in [3.8, 4) is 11.1 Å². The molecule has 4 rings (SSSR count). The number of hydrogen-bond acceptors (Lipinski definition) is 3. The fourth-order valence-electron chi connectivity index (χ4n) is 3.32. The molecule has 0 aliphatic rings. The van der Waals surface area contributed by atoms with Crippen molar-refractivity contribution in [1.29, 1.82) is 0 Å². The van der Waals surface area contributed by atoms with Gasteiger partial charge in [-0.15, -0.1) is 0 Å². The van der Waals surface area contributed by atoms with E-state index in [0.29, 0.717) is 11.1 Å². The van der Waals surface area contributed by atoms with Gasteiger partial charge in [0.15, 0.2) is 0 Å². The number of nitrogens with two attached hydrogens (primary N) is 1. The molecule has 4 heteroatoms. The van der Waals surface area contributed by atoms with Crippen molar-refractivity contribution in [3.05, 3.63) is 88.8 Å². The van der Waals surface area contributed by atoms with Gasteiger partial charge in [-0.1, -0.05) is 35.9 Å². The first kappa shape index (κ1) is 16.9. The molecule has 3 N–H and O–H groups in total. The molecule has 0 fully saturated rings. The number of aryl methyl sites for hydroxylation is 2. The van der Waals surface area contributed by atoms with Gasteiger partial charge in [0.25, 0.3) is 5.56 Å². The molecule has 0 aliphatic heterocycles. The monoisotopic (exact) mass is 355 g/mol. The third kappa shape index (κ3) is 3.17. The highest BCUT2D eigenvalue weighted by atomic mass is 16.1. The van der Waals surface area contributed by atoms with Crippen LogP contribution in [0.3, 0.4) is 0 Å². The molecule has 4 aromatic rings. The second kappa shape index (κ2) is 6.65. The predicted molar refractivity (Wildman–Crippen MR) is 113 cm³/mol. The molecule has 0 saturated carbocycles. The largest absolute Gasteiger partial charge is 0.399 e. The molecule has 1 heterocycles. The van der Waals surface area contributed by atoms with E-state index in [4.69, 9.17) is 5.73 Å². The number of rotatable bonds is 3. The number of pyridine rings is 1. The van der Waals surface area contributed by atoms with Crippen LogP contribution in [0.5, 0.6) is 0 Å². The summed E-state index contributed by atoms with van der Waals surface area (Å²) >= 11 is 0. The minimum absolute atomic E-state index is 0.00806. The SMILES string of the molecule is Cc1ccc(Nc2ccc(N)cc2-c2cn(C)c(=O)c3ccccc23)cc1. The third-order valence-corrected chi connectivity index (χ3v) is 4.76. The summed E-state index contributed by atoms with van der Waals surface area (Å²) in [4.78, 5) is 12.5. The van der Waals surface area contributed by atoms with Crippen LogP contribution >= 0.6 is 0 Å². The molecular weight excluding hydrogens is 334 g/mol. The first-order valence-corrected chi connectivity index (χ1v) is 8.85. The quantitative estimate of drug-likeness (QED) is 0.517. The zero-order valence-corrected chi connectivity index (χ0v) is 15.4. The van der Waals surface area contributed by atoms with Crippen molar-refractivity contribution in [2.24, 2.45) is 7.05 Å². The summed E-state index contributed by atoms with van der Waals surface area (Å²) < 4.78 is 1.62. The van der Waals surface area contributed by atoms with Crippen LogP contribution in [0.4, 0.5) is 17.1 Å². The van der Waals surface area contributed by atoms with Crippen LogP contribution in [0.2, 0.25) is 0 Å². The van der Waals surface area contributed by atoms with E-state index in [1.54, 1.807) is 11.6 Å². The third-order valence-electron chi connectivity index (χ3n) is 4.76. The minimum atomic E-state index is -0.00806. The Balaban J connectivity index is 1.93. The highest BCUT2D eigenvalue weighted by Gasteiger charge is 2.13. The average Bonchev–Trinajstić information content (AvgIpc) is 2.68. The summed E-state index contributed by atoms with van der Waals surface area (Å²) in [6, 6.07) is 21.7. The lowest BCUT2D eigenvalue weighted by molar-refractivity contribution is 0.875. The molecule has 0 saturated heterocycles. The fourth-order valence-corrected chi connectivity index (χ4v) is 3.32. The number of anilines is 3. The van der Waals surface area contributed by atoms with Gasteiger partial charge in [-0.05, 0) is 48.7 Å². The number of fused-ring (bicyclic) bond motifs is 1. The standard InChI is InChI=1S/C23H21N3O/c1-15-7-10-17(11-8-15)25-22-12-9-16(24)13-20(22)21-14-26(2)23(27)19-6-4-3-5-18(19)21/h3-14,25H,24H2,1-2H3. The number of nitrogen functional groups attached to an aromatic ring is 1. The number of nitrogens with one attached hydrogen (secondary N) is 1. The van der Waals surface area contributed by atoms with Crippen molar-refractivity contribution in [1.82, 2.24) is 4.57 Å². The Morgan fingerprint density at radius 3 is 2.33 bits per heavy atom. The maximum atomic E-state index is 12.5. The van der Waals surface area contributed by atoms with E-state index in [1.165, 1.54) is 5.56 Å². The number of nitrogens with zero attached hydrogens (tertiary/aromatic N) is 1. The molecule has 27 heavy (non-hydrogen) atoms. The summed E-state index contributed by atoms with van der Waals surface area (Å²) in [6.07, 6.45) is 1.87. The van der Waals surface area contributed by atoms with Crippen molar-refractivity contribution < 1.29 is 0 Å². The number of aromatic nitrogens is 1. The maximum Gasteiger partial charge on any atom is 0.258 e. The van der Waals surface area contributed by atoms with Gasteiger partial charge in [-0.25, -0.2) is 0 Å². The van der Waals surface area contributed by atoms with Gasteiger partial charge >= 0.3 is 0 Å². The second-order valence-corrected chi connectivity index (χ2v) is 6.80. The van der Waals surface area contributed by atoms with Gasteiger partial charge in [-0.2, -0.15) is 0 Å². The number of hydrogen-bond donors (Lipinski definition) is 2. The summed E-state index contributed by atoms with van der Waals surface area (Å²) in [7, 11) is 1.78. The van der Waals surface area contributed by atoms with Crippen molar-refractivity contribution in [2.75, 3.05) is 11.1 Å². The van der Waals surface area contributed by atoms with E-state index >= 15 is 0 Å². The molecule has 0 radical (unpaired) electrons. The normalized spacial score (nSPS) is 10.9. The Hall–Kier alpha value is -3.53. The van der Waals surface area contributed by atoms with Gasteiger partial charge in [0.1, 0.15) is 0 Å². The highest BCUT2D eigenvalue weighted by Crippen LogP contribution is 2.35. The first-order chi connectivity index (χ1) is 13.0. The number of benzene rings is 3. The smallest absolute Gasteiger partial charge is 0.258 e. The lowest BCUT2D eigenvalue weighted by Gasteiger charge is -2.16. The molecule has 3 aromatic carbocycles. The molecule has 0 unspecified atom stereocenters. The van der Waals surface area contributed by atoms with Gasteiger partial charge < -0.3 is 15.6 Å². The molecule has 0 atom stereocenters. The zero-order chi connectivity index (χ0) is 19.0. The molecule has 0 bridgehead atoms. The minimum Gasteiger partial charge on any atom is -0.399 e. The molecule has 0 amide bonds. The van der Waals surface area contributed by atoms with Gasteiger partial charge in [0.05, 0.1) is 0 Å². The fraction of sp³-hybridized carbons (Fsp3) is 0.0870. The van der Waals surface area contributed by atoms with Gasteiger partial charge in [0.2, 0.25) is 0 Å². The van der Waals surface area contributed by atoms with Gasteiger partial charge in [0, 0.05) is 46.8 Å². The Labute approximate surface area is 157 Å². The Kier molecular flexibility index (Phi) is 4.16. The van der Waals surface area contributed by atoms with Crippen LogP contribution in [0.25, 0.3) is 21.9 Å². The van der Waals surface area contributed by atoms with Crippen molar-refractivity contribution >= 4 is 27.8 Å². The van der Waals surface area contributed by atoms with Crippen LogP contribution in [0, 0.1) is 6.92 Å². The van der Waals surface area contributed by atoms with E-state index in [-0.39, 0.29) is 5.56 Å². The van der Waals surface area contributed by atoms with Crippen LogP contribution in [-0.2, 0) is 7.05 Å². The Morgan fingerprint density at radius 2 is 1.59 bits per heavy atom. The van der Waals surface area contributed by atoms with Crippen LogP contribution in [0.1, 0.15) is 5.56 Å². The molecular formula is C23H21N3O. The molecule has 4 nitrogen and oxygen atoms in total. The van der Waals surface area contributed by atoms with Crippen molar-refractivity contribution in [3.63, 3.8) is 0 Å². The second-order valence-electron chi connectivity index (χ2n) is 6.80. The van der Waals surface area contributed by atoms with E-state index in [0.717, 1.165) is 27.9 Å². The summed E-state index contributed by atoms with van der Waals surface area (Å²) in [6.45, 7) is 2.06. The molecule has 1 aromatic heterocycles. The van der Waals surface area contributed by atoms with Crippen molar-refractivity contribution in [2.45, 2.75) is 6.92 Å². The van der Waals surface area contributed by atoms with Crippen LogP contribution in [-0.4, -0.2) is 4.57 Å². The topological polar surface area (TPSA) is 60.0 Å². The Bertz CT molecular complexity index is 1190. The van der Waals surface area contributed by atoms with E-state index in [1.807, 2.05) is 60.8 Å². The predicted octanol–water partition coefficient (Wildman–Crippen LogP) is 4.84. The van der Waals surface area contributed by atoms with E-state index in [2.05, 4.69) is 24.4 Å². The molecule has 134 valence electrons. The maximum absolute atomic E-state index is 12.5. The van der Waals surface area contributed by atoms with E-state index < -0.39 is 0 Å². The highest BCUT2D eigenvalue weighted by molar-refractivity contribution is 5.99. The lowest BCUT2D eigenvalue weighted by Crippen LogP contribution is -2.16. The van der Waals surface area contributed by atoms with E-state index in [9.17, 15) is 4.79 Å². The van der Waals surface area contributed by atoms with Gasteiger partial charge in [-0.3, -0.25) is 4.79 Å². The lowest BCUT2D eigenvalue weighted by atomic mass is 9.98. The zero-order valence-electron chi connectivity index (χ0n) is 15.4. The molecule has 0 aliphatic carbocycles. The summed E-state index contributed by atoms with van der Waals surface area (Å²) in [5.41, 5.74) is 11.8. The van der Waals surface area contributed by atoms with Crippen LogP contribution < -0.4 is 16.6 Å². The first-order valence-electron chi connectivity index (χ1n) is 8.85.